The molecule has 1 atom stereocenters. The largest absolute Gasteiger partial charge is 0.218 e. The first-order chi connectivity index (χ1) is 9.96. The first kappa shape index (κ1) is 21.5. The maximum Gasteiger partial charge on any atom is 0.218 e. The fraction of sp³-hybridized carbons (Fsp3) is 0.889. The van der Waals surface area contributed by atoms with E-state index in [0.717, 1.165) is 17.6 Å². The molecule has 0 nitrogen and oxygen atoms in total. The third kappa shape index (κ3) is 7.55. The molecule has 0 aliphatic heterocycles. The maximum absolute atomic E-state index is 4.44. The minimum atomic E-state index is 0.335. The summed E-state index contributed by atoms with van der Waals surface area (Å²) in [6, 6.07) is 0. The van der Waals surface area contributed by atoms with Gasteiger partial charge in [0.05, 0.1) is 0 Å². The fourth-order valence-electron chi connectivity index (χ4n) is 3.39. The van der Waals surface area contributed by atoms with E-state index in [-0.39, 0.29) is 0 Å². The van der Waals surface area contributed by atoms with E-state index in [1.165, 1.54) is 56.8 Å². The zero-order chi connectivity index (χ0) is 16.3. The third-order valence-electron chi connectivity index (χ3n) is 5.16. The minimum absolute atomic E-state index is 0.335. The minimum Gasteiger partial charge on any atom is -0.212 e. The average molecular weight is 328 g/mol. The van der Waals surface area contributed by atoms with Gasteiger partial charge in [0.15, 0.2) is 0 Å². The molecular formula is C18H37BS2. The molecule has 0 aromatic heterocycles. The second-order valence-corrected chi connectivity index (χ2v) is 8.26. The van der Waals surface area contributed by atoms with Crippen LogP contribution in [0.25, 0.3) is 0 Å². The Kier molecular flexibility index (Phi) is 12.3. The molecular weight excluding hydrogens is 291 g/mol. The van der Waals surface area contributed by atoms with Gasteiger partial charge in [0.2, 0.25) is 5.99 Å². The molecule has 0 heterocycles. The molecule has 21 heavy (non-hydrogen) atoms. The smallest absolute Gasteiger partial charge is 0.212 e. The van der Waals surface area contributed by atoms with Gasteiger partial charge < -0.3 is 0 Å². The molecule has 0 aromatic carbocycles. The molecule has 0 radical (unpaired) electrons. The van der Waals surface area contributed by atoms with E-state index in [1.54, 1.807) is 0 Å². The lowest BCUT2D eigenvalue weighted by atomic mass is 9.65. The number of hydrogen-bond acceptors (Lipinski definition) is 2. The van der Waals surface area contributed by atoms with Crippen LogP contribution in [0.1, 0.15) is 72.6 Å². The first-order valence-corrected chi connectivity index (χ1v) is 10.7. The lowest BCUT2D eigenvalue weighted by Gasteiger charge is -2.39. The standard InChI is InChI=1S/C18H37BS2/c1-7-11-17(12-8-2)18(5,16(3)4)13-9-10-14-19(15-20)21-6/h17,20H,3,7-15H2,1-2,4-6H3. The second-order valence-electron chi connectivity index (χ2n) is 6.76. The Morgan fingerprint density at radius 1 is 1.24 bits per heavy atom. The summed E-state index contributed by atoms with van der Waals surface area (Å²) in [5.41, 5.74) is 2.74. The van der Waals surface area contributed by atoms with Gasteiger partial charge in [0, 0.05) is 0 Å². The van der Waals surface area contributed by atoms with Crippen LogP contribution in [0.2, 0.25) is 6.32 Å². The van der Waals surface area contributed by atoms with Crippen LogP contribution in [0.4, 0.5) is 0 Å². The number of unbranched alkanes of at least 4 members (excludes halogenated alkanes) is 1. The van der Waals surface area contributed by atoms with E-state index in [2.05, 4.69) is 53.2 Å². The van der Waals surface area contributed by atoms with Gasteiger partial charge in [0.1, 0.15) is 0 Å². The Labute approximate surface area is 144 Å². The molecule has 0 aliphatic rings. The van der Waals surface area contributed by atoms with Crippen molar-refractivity contribution in [2.45, 2.75) is 79.0 Å². The second kappa shape index (κ2) is 12.0. The summed E-state index contributed by atoms with van der Waals surface area (Å²) in [5.74, 6) is 1.54. The zero-order valence-corrected chi connectivity index (χ0v) is 16.8. The summed E-state index contributed by atoms with van der Waals surface area (Å²) in [6.07, 6.45) is 12.8. The SMILES string of the molecule is C=C(C)C(C)(CCCCB(CS)SC)C(CCC)CCC. The molecule has 0 spiro atoms. The predicted octanol–water partition coefficient (Wildman–Crippen LogP) is 6.78. The Morgan fingerprint density at radius 2 is 1.81 bits per heavy atom. The van der Waals surface area contributed by atoms with Crippen LogP contribution in [0.3, 0.4) is 0 Å². The highest BCUT2D eigenvalue weighted by Gasteiger charge is 2.33. The van der Waals surface area contributed by atoms with E-state index >= 15 is 0 Å². The fourth-order valence-corrected chi connectivity index (χ4v) is 4.57. The van der Waals surface area contributed by atoms with Crippen LogP contribution in [-0.4, -0.2) is 17.9 Å². The van der Waals surface area contributed by atoms with Crippen molar-refractivity contribution < 1.29 is 0 Å². The van der Waals surface area contributed by atoms with Crippen molar-refractivity contribution in [1.29, 1.82) is 0 Å². The van der Waals surface area contributed by atoms with Gasteiger partial charge >= 0.3 is 0 Å². The molecule has 0 N–H and O–H groups in total. The topological polar surface area (TPSA) is 0 Å². The van der Waals surface area contributed by atoms with Crippen LogP contribution in [0, 0.1) is 11.3 Å². The van der Waals surface area contributed by atoms with Gasteiger partial charge in [-0.25, -0.2) is 11.6 Å². The number of allylic oxidation sites excluding steroid dienone is 1. The molecule has 0 fully saturated rings. The van der Waals surface area contributed by atoms with E-state index in [9.17, 15) is 0 Å². The molecule has 0 amide bonds. The first-order valence-electron chi connectivity index (χ1n) is 8.75. The zero-order valence-electron chi connectivity index (χ0n) is 15.1. The van der Waals surface area contributed by atoms with E-state index in [0.29, 0.717) is 5.41 Å². The number of thiol groups is 1. The molecule has 124 valence electrons. The Morgan fingerprint density at radius 3 is 2.19 bits per heavy atom. The van der Waals surface area contributed by atoms with Crippen LogP contribution in [0.15, 0.2) is 12.2 Å². The summed E-state index contributed by atoms with van der Waals surface area (Å²) in [4.78, 5) is 0. The van der Waals surface area contributed by atoms with Crippen molar-refractivity contribution >= 4 is 30.2 Å². The monoisotopic (exact) mass is 328 g/mol. The van der Waals surface area contributed by atoms with Crippen LogP contribution < -0.4 is 0 Å². The number of hydrogen-bond donors (Lipinski definition) is 1. The molecule has 0 bridgehead atoms. The van der Waals surface area contributed by atoms with Crippen LogP contribution >= 0.6 is 24.2 Å². The van der Waals surface area contributed by atoms with E-state index in [4.69, 9.17) is 0 Å². The average Bonchev–Trinajstić information content (AvgIpc) is 2.46. The van der Waals surface area contributed by atoms with Gasteiger partial charge in [-0.3, -0.25) is 0 Å². The van der Waals surface area contributed by atoms with E-state index < -0.39 is 0 Å². The summed E-state index contributed by atoms with van der Waals surface area (Å²) in [6.45, 7) is 13.7. The molecule has 0 saturated heterocycles. The highest BCUT2D eigenvalue weighted by atomic mass is 32.2. The molecule has 0 rings (SSSR count). The van der Waals surface area contributed by atoms with Gasteiger partial charge in [-0.15, -0.1) is 0 Å². The molecule has 0 aliphatic carbocycles. The molecule has 3 heteroatoms. The van der Waals surface area contributed by atoms with Crippen molar-refractivity contribution in [3.05, 3.63) is 12.2 Å². The van der Waals surface area contributed by atoms with Crippen molar-refractivity contribution in [1.82, 2.24) is 0 Å². The lowest BCUT2D eigenvalue weighted by Crippen LogP contribution is -2.29. The summed E-state index contributed by atoms with van der Waals surface area (Å²) < 4.78 is 0. The lowest BCUT2D eigenvalue weighted by molar-refractivity contribution is 0.186. The molecule has 1 unspecified atom stereocenters. The maximum atomic E-state index is 4.44. The number of rotatable bonds is 13. The summed E-state index contributed by atoms with van der Waals surface area (Å²) in [7, 11) is 0. The van der Waals surface area contributed by atoms with Crippen molar-refractivity contribution in [3.8, 4) is 0 Å². The highest BCUT2D eigenvalue weighted by Crippen LogP contribution is 2.44. The Balaban J connectivity index is 4.54. The van der Waals surface area contributed by atoms with Crippen LogP contribution in [-0.2, 0) is 0 Å². The van der Waals surface area contributed by atoms with Crippen molar-refractivity contribution in [3.63, 3.8) is 0 Å². The molecule has 0 saturated carbocycles. The van der Waals surface area contributed by atoms with Crippen LogP contribution in [0.5, 0.6) is 0 Å². The van der Waals surface area contributed by atoms with E-state index in [1.807, 2.05) is 11.6 Å². The summed E-state index contributed by atoms with van der Waals surface area (Å²) >= 11 is 6.40. The highest BCUT2D eigenvalue weighted by molar-refractivity contribution is 8.26. The van der Waals surface area contributed by atoms with Gasteiger partial charge in [-0.2, -0.15) is 12.6 Å². The van der Waals surface area contributed by atoms with Gasteiger partial charge in [-0.05, 0) is 49.4 Å². The Hall–Kier alpha value is 0.505. The summed E-state index contributed by atoms with van der Waals surface area (Å²) in [5, 5.41) is 0. The van der Waals surface area contributed by atoms with Gasteiger partial charge in [-0.1, -0.05) is 64.9 Å². The Bertz CT molecular complexity index is 270. The quantitative estimate of drug-likeness (QED) is 0.168. The van der Waals surface area contributed by atoms with Crippen molar-refractivity contribution in [2.75, 3.05) is 11.9 Å². The normalized spacial score (nSPS) is 14.2. The molecule has 0 aromatic rings. The third-order valence-corrected chi connectivity index (χ3v) is 6.92. The van der Waals surface area contributed by atoms with Gasteiger partial charge in [0.25, 0.3) is 0 Å². The van der Waals surface area contributed by atoms with Crippen molar-refractivity contribution in [2.24, 2.45) is 11.3 Å². The predicted molar refractivity (Wildman–Crippen MR) is 108 cm³/mol.